The molecule has 0 spiro atoms. The molecule has 0 unspecified atom stereocenters. The number of aromatic nitrogens is 2. The second-order valence-corrected chi connectivity index (χ2v) is 9.61. The maximum Gasteiger partial charge on any atom is 0.273 e. The SMILES string of the molecule is CN(C)[C@H]1CCN(c2ccc(-n3ccc4cc(-c5ccc(Cl)cc5)sc4c3=O)cn2)C1.Cl. The molecule has 166 valence electrons. The van der Waals surface area contributed by atoms with E-state index in [0.717, 1.165) is 51.5 Å². The van der Waals surface area contributed by atoms with E-state index in [0.29, 0.717) is 11.1 Å². The Morgan fingerprint density at radius 1 is 1.12 bits per heavy atom. The summed E-state index contributed by atoms with van der Waals surface area (Å²) in [5.74, 6) is 0.961. The number of thiophene rings is 1. The maximum absolute atomic E-state index is 13.2. The molecule has 1 aliphatic rings. The second-order valence-electron chi connectivity index (χ2n) is 8.12. The van der Waals surface area contributed by atoms with E-state index < -0.39 is 0 Å². The highest BCUT2D eigenvalue weighted by Gasteiger charge is 2.24. The Bertz CT molecular complexity index is 1280. The van der Waals surface area contributed by atoms with Gasteiger partial charge in [-0.3, -0.25) is 9.36 Å². The van der Waals surface area contributed by atoms with Crippen LogP contribution >= 0.6 is 35.3 Å². The highest BCUT2D eigenvalue weighted by molar-refractivity contribution is 7.22. The van der Waals surface area contributed by atoms with Crippen molar-refractivity contribution in [2.45, 2.75) is 12.5 Å². The largest absolute Gasteiger partial charge is 0.355 e. The van der Waals surface area contributed by atoms with Gasteiger partial charge in [0.2, 0.25) is 0 Å². The predicted molar refractivity (Wildman–Crippen MR) is 137 cm³/mol. The zero-order chi connectivity index (χ0) is 21.5. The topological polar surface area (TPSA) is 41.4 Å². The summed E-state index contributed by atoms with van der Waals surface area (Å²) < 4.78 is 2.42. The van der Waals surface area contributed by atoms with Crippen LogP contribution in [-0.2, 0) is 0 Å². The summed E-state index contributed by atoms with van der Waals surface area (Å²) in [6, 6.07) is 16.3. The Morgan fingerprint density at radius 2 is 1.91 bits per heavy atom. The van der Waals surface area contributed by atoms with Crippen molar-refractivity contribution in [3.8, 4) is 16.1 Å². The van der Waals surface area contributed by atoms with Crippen LogP contribution in [0.4, 0.5) is 5.82 Å². The summed E-state index contributed by atoms with van der Waals surface area (Å²) in [7, 11) is 4.24. The number of hydrogen-bond acceptors (Lipinski definition) is 5. The monoisotopic (exact) mass is 486 g/mol. The van der Waals surface area contributed by atoms with Crippen molar-refractivity contribution in [1.29, 1.82) is 0 Å². The first-order chi connectivity index (χ1) is 15.0. The average molecular weight is 487 g/mol. The van der Waals surface area contributed by atoms with Gasteiger partial charge in [0.15, 0.2) is 0 Å². The Hall–Kier alpha value is -2.38. The molecule has 0 saturated carbocycles. The van der Waals surface area contributed by atoms with E-state index in [2.05, 4.69) is 34.9 Å². The van der Waals surface area contributed by atoms with Crippen LogP contribution in [0, 0.1) is 0 Å². The summed E-state index contributed by atoms with van der Waals surface area (Å²) in [6.07, 6.45) is 4.76. The molecule has 3 aromatic heterocycles. The van der Waals surface area contributed by atoms with E-state index in [4.69, 9.17) is 11.6 Å². The first kappa shape index (κ1) is 22.8. The zero-order valence-electron chi connectivity index (χ0n) is 17.9. The highest BCUT2D eigenvalue weighted by atomic mass is 35.5. The lowest BCUT2D eigenvalue weighted by Gasteiger charge is -2.21. The number of likely N-dealkylation sites (N-methyl/N-ethyl adjacent to an activating group) is 1. The van der Waals surface area contributed by atoms with E-state index in [1.807, 2.05) is 48.7 Å². The second kappa shape index (κ2) is 9.24. The molecule has 1 fully saturated rings. The maximum atomic E-state index is 13.2. The van der Waals surface area contributed by atoms with Gasteiger partial charge in [0, 0.05) is 40.6 Å². The van der Waals surface area contributed by atoms with E-state index >= 15 is 0 Å². The lowest BCUT2D eigenvalue weighted by atomic mass is 10.2. The van der Waals surface area contributed by atoms with Gasteiger partial charge in [-0.1, -0.05) is 23.7 Å². The summed E-state index contributed by atoms with van der Waals surface area (Å²) >= 11 is 7.51. The molecule has 1 aromatic carbocycles. The number of hydrogen-bond donors (Lipinski definition) is 0. The fourth-order valence-corrected chi connectivity index (χ4v) is 5.28. The Labute approximate surface area is 202 Å². The van der Waals surface area contributed by atoms with Crippen LogP contribution in [0.1, 0.15) is 6.42 Å². The number of rotatable bonds is 4. The van der Waals surface area contributed by atoms with Gasteiger partial charge < -0.3 is 9.80 Å². The van der Waals surface area contributed by atoms with Crippen LogP contribution in [0.25, 0.3) is 26.2 Å². The van der Waals surface area contributed by atoms with Crippen LogP contribution < -0.4 is 10.5 Å². The molecule has 32 heavy (non-hydrogen) atoms. The molecule has 1 atom stereocenters. The van der Waals surface area contributed by atoms with Crippen molar-refractivity contribution in [2.75, 3.05) is 32.1 Å². The summed E-state index contributed by atoms with van der Waals surface area (Å²) in [5, 5.41) is 1.65. The molecule has 8 heteroatoms. The van der Waals surface area contributed by atoms with E-state index in [-0.39, 0.29) is 18.0 Å². The van der Waals surface area contributed by atoms with Crippen molar-refractivity contribution in [3.63, 3.8) is 0 Å². The lowest BCUT2D eigenvalue weighted by Crippen LogP contribution is -2.31. The van der Waals surface area contributed by atoms with E-state index in [1.54, 1.807) is 10.8 Å². The molecule has 4 heterocycles. The smallest absolute Gasteiger partial charge is 0.273 e. The van der Waals surface area contributed by atoms with Crippen LogP contribution in [-0.4, -0.2) is 47.7 Å². The number of anilines is 1. The molecule has 0 amide bonds. The normalized spacial score (nSPS) is 16.0. The number of halogens is 2. The molecule has 5 nitrogen and oxygen atoms in total. The van der Waals surface area contributed by atoms with Crippen LogP contribution in [0.15, 0.2) is 65.7 Å². The number of pyridine rings is 2. The van der Waals surface area contributed by atoms with Crippen molar-refractivity contribution in [2.24, 2.45) is 0 Å². The third kappa shape index (κ3) is 4.28. The standard InChI is InChI=1S/C24H23ClN4OS.ClH/c1-27(2)20-10-11-28(15-20)22-8-7-19(14-26-22)29-12-9-17-13-21(31-23(17)24(29)30)16-3-5-18(25)6-4-16;/h3-9,12-14,20H,10-11,15H2,1-2H3;1H/t20-;/m0./s1. The minimum absolute atomic E-state index is 0. The van der Waals surface area contributed by atoms with Gasteiger partial charge >= 0.3 is 0 Å². The van der Waals surface area contributed by atoms with Gasteiger partial charge in [-0.05, 0) is 62.5 Å². The summed E-state index contributed by atoms with van der Waals surface area (Å²) in [5.41, 5.74) is 1.82. The van der Waals surface area contributed by atoms with Crippen LogP contribution in [0.5, 0.6) is 0 Å². The highest BCUT2D eigenvalue weighted by Crippen LogP contribution is 2.32. The minimum atomic E-state index is -0.0221. The van der Waals surface area contributed by atoms with Gasteiger partial charge in [-0.25, -0.2) is 4.98 Å². The molecular formula is C24H24Cl2N4OS. The summed E-state index contributed by atoms with van der Waals surface area (Å²) in [4.78, 5) is 23.5. The third-order valence-corrected chi connectivity index (χ3v) is 7.37. The molecule has 1 saturated heterocycles. The Balaban J connectivity index is 0.00000245. The molecule has 0 bridgehead atoms. The number of benzene rings is 1. The van der Waals surface area contributed by atoms with Crippen molar-refractivity contribution in [1.82, 2.24) is 14.5 Å². The molecule has 5 rings (SSSR count). The molecule has 1 aliphatic heterocycles. The van der Waals surface area contributed by atoms with Gasteiger partial charge in [-0.2, -0.15) is 0 Å². The Kier molecular flexibility index (Phi) is 6.58. The molecular weight excluding hydrogens is 463 g/mol. The summed E-state index contributed by atoms with van der Waals surface area (Å²) in [6.45, 7) is 1.98. The van der Waals surface area contributed by atoms with Crippen LogP contribution in [0.2, 0.25) is 5.02 Å². The third-order valence-electron chi connectivity index (χ3n) is 5.93. The quantitative estimate of drug-likeness (QED) is 0.390. The van der Waals surface area contributed by atoms with E-state index in [9.17, 15) is 4.79 Å². The van der Waals surface area contributed by atoms with Gasteiger partial charge in [0.05, 0.1) is 11.9 Å². The predicted octanol–water partition coefficient (Wildman–Crippen LogP) is 5.33. The molecule has 4 aromatic rings. The fraction of sp³-hybridized carbons (Fsp3) is 0.250. The van der Waals surface area contributed by atoms with Gasteiger partial charge in [0.1, 0.15) is 10.5 Å². The average Bonchev–Trinajstić information content (AvgIpc) is 3.43. The number of fused-ring (bicyclic) bond motifs is 1. The molecule has 0 aliphatic carbocycles. The number of nitrogens with zero attached hydrogens (tertiary/aromatic N) is 4. The van der Waals surface area contributed by atoms with Crippen molar-refractivity contribution < 1.29 is 0 Å². The van der Waals surface area contributed by atoms with E-state index in [1.165, 1.54) is 11.3 Å². The first-order valence-corrected chi connectivity index (χ1v) is 11.5. The lowest BCUT2D eigenvalue weighted by molar-refractivity contribution is 0.315. The van der Waals surface area contributed by atoms with Crippen molar-refractivity contribution >= 4 is 51.2 Å². The Morgan fingerprint density at radius 3 is 2.56 bits per heavy atom. The van der Waals surface area contributed by atoms with Gasteiger partial charge in [-0.15, -0.1) is 23.7 Å². The first-order valence-electron chi connectivity index (χ1n) is 10.3. The van der Waals surface area contributed by atoms with Crippen molar-refractivity contribution in [3.05, 3.63) is 76.3 Å². The molecule has 0 N–H and O–H groups in total. The fourth-order valence-electron chi connectivity index (χ4n) is 4.07. The van der Waals surface area contributed by atoms with Gasteiger partial charge in [0.25, 0.3) is 5.56 Å². The van der Waals surface area contributed by atoms with Crippen LogP contribution in [0.3, 0.4) is 0 Å². The molecule has 0 radical (unpaired) electrons. The minimum Gasteiger partial charge on any atom is -0.355 e. The zero-order valence-corrected chi connectivity index (χ0v) is 20.3.